The molecule has 0 bridgehead atoms. The predicted octanol–water partition coefficient (Wildman–Crippen LogP) is 4.02. The Kier molecular flexibility index (Phi) is 3.66. The van der Waals surface area contributed by atoms with Crippen molar-refractivity contribution >= 4 is 32.8 Å². The lowest BCUT2D eigenvalue weighted by Gasteiger charge is -2.13. The monoisotopic (exact) mass is 288 g/mol. The van der Waals surface area contributed by atoms with Crippen LogP contribution in [-0.2, 0) is 6.42 Å². The van der Waals surface area contributed by atoms with Crippen LogP contribution in [0.4, 0.5) is 0 Å². The van der Waals surface area contributed by atoms with Crippen LogP contribution in [-0.4, -0.2) is 0 Å². The molecule has 19 heavy (non-hydrogen) atoms. The number of hydrogen-bond donors (Lipinski definition) is 2. The summed E-state index contributed by atoms with van der Waals surface area (Å²) in [5.41, 5.74) is 4.32. The van der Waals surface area contributed by atoms with E-state index in [9.17, 15) is 0 Å². The van der Waals surface area contributed by atoms with Crippen molar-refractivity contribution in [3.63, 3.8) is 0 Å². The largest absolute Gasteiger partial charge is 0.271 e. The fraction of sp³-hybridized carbons (Fsp3) is 0.200. The highest BCUT2D eigenvalue weighted by molar-refractivity contribution is 7.17. The van der Waals surface area contributed by atoms with E-state index in [1.54, 1.807) is 11.3 Å². The zero-order chi connectivity index (χ0) is 13.2. The van der Waals surface area contributed by atoms with Gasteiger partial charge in [0, 0.05) is 14.5 Å². The second-order valence-corrected chi connectivity index (χ2v) is 6.86. The fourth-order valence-electron chi connectivity index (χ4n) is 2.29. The van der Waals surface area contributed by atoms with Crippen LogP contribution in [0.25, 0.3) is 10.1 Å². The van der Waals surface area contributed by atoms with Gasteiger partial charge in [-0.05, 0) is 47.9 Å². The summed E-state index contributed by atoms with van der Waals surface area (Å²) in [7, 11) is 0. The standard InChI is InChI=1S/C15H16N2S2/c1-10-6-7-15(19-10)13(17-16)8-11-9-18-14-5-3-2-4-12(11)14/h2-7,9,13,17H,8,16H2,1H3. The van der Waals surface area contributed by atoms with Gasteiger partial charge >= 0.3 is 0 Å². The second-order valence-electron chi connectivity index (χ2n) is 4.63. The van der Waals surface area contributed by atoms with Crippen molar-refractivity contribution in [2.75, 3.05) is 0 Å². The number of rotatable bonds is 4. The van der Waals surface area contributed by atoms with E-state index in [0.717, 1.165) is 6.42 Å². The van der Waals surface area contributed by atoms with Crippen molar-refractivity contribution < 1.29 is 0 Å². The predicted molar refractivity (Wildman–Crippen MR) is 84.6 cm³/mol. The SMILES string of the molecule is Cc1ccc(C(Cc2csc3ccccc23)NN)s1. The van der Waals surface area contributed by atoms with Crippen LogP contribution < -0.4 is 11.3 Å². The van der Waals surface area contributed by atoms with Gasteiger partial charge in [-0.1, -0.05) is 18.2 Å². The maximum Gasteiger partial charge on any atom is 0.0594 e. The van der Waals surface area contributed by atoms with Crippen LogP contribution in [0.3, 0.4) is 0 Å². The molecule has 4 heteroatoms. The molecule has 0 aliphatic rings. The van der Waals surface area contributed by atoms with Crippen molar-refractivity contribution in [3.8, 4) is 0 Å². The van der Waals surface area contributed by atoms with Gasteiger partial charge in [-0.2, -0.15) is 0 Å². The second kappa shape index (κ2) is 5.43. The molecule has 3 N–H and O–H groups in total. The first-order valence-corrected chi connectivity index (χ1v) is 7.95. The molecule has 1 atom stereocenters. The highest BCUT2D eigenvalue weighted by Gasteiger charge is 2.14. The first kappa shape index (κ1) is 12.8. The average molecular weight is 288 g/mol. The van der Waals surface area contributed by atoms with Crippen LogP contribution in [0.5, 0.6) is 0 Å². The Morgan fingerprint density at radius 2 is 2.05 bits per heavy atom. The summed E-state index contributed by atoms with van der Waals surface area (Å²) in [6.07, 6.45) is 0.931. The molecule has 0 saturated heterocycles. The molecule has 1 aromatic carbocycles. The third-order valence-electron chi connectivity index (χ3n) is 3.29. The van der Waals surface area contributed by atoms with E-state index in [4.69, 9.17) is 5.84 Å². The van der Waals surface area contributed by atoms with Gasteiger partial charge in [-0.15, -0.1) is 22.7 Å². The molecule has 2 nitrogen and oxygen atoms in total. The van der Waals surface area contributed by atoms with E-state index in [1.165, 1.54) is 25.4 Å². The summed E-state index contributed by atoms with van der Waals surface area (Å²) in [6, 6.07) is 13.0. The summed E-state index contributed by atoms with van der Waals surface area (Å²) >= 11 is 3.61. The third kappa shape index (κ3) is 2.58. The van der Waals surface area contributed by atoms with E-state index in [-0.39, 0.29) is 6.04 Å². The Balaban J connectivity index is 1.90. The molecule has 0 spiro atoms. The van der Waals surface area contributed by atoms with Crippen LogP contribution >= 0.6 is 22.7 Å². The molecule has 0 aliphatic heterocycles. The maximum atomic E-state index is 5.73. The van der Waals surface area contributed by atoms with Gasteiger partial charge in [-0.25, -0.2) is 0 Å². The van der Waals surface area contributed by atoms with Crippen molar-refractivity contribution in [2.45, 2.75) is 19.4 Å². The first-order chi connectivity index (χ1) is 9.28. The molecule has 0 aliphatic carbocycles. The quantitative estimate of drug-likeness (QED) is 0.562. The molecule has 2 heterocycles. The van der Waals surface area contributed by atoms with E-state index < -0.39 is 0 Å². The van der Waals surface area contributed by atoms with Gasteiger partial charge < -0.3 is 0 Å². The van der Waals surface area contributed by atoms with Crippen LogP contribution in [0.15, 0.2) is 41.8 Å². The highest BCUT2D eigenvalue weighted by Crippen LogP contribution is 2.31. The van der Waals surface area contributed by atoms with E-state index >= 15 is 0 Å². The number of nitrogens with two attached hydrogens (primary N) is 1. The zero-order valence-electron chi connectivity index (χ0n) is 10.7. The minimum absolute atomic E-state index is 0.191. The van der Waals surface area contributed by atoms with Gasteiger partial charge in [0.25, 0.3) is 0 Å². The Bertz CT molecular complexity index is 684. The number of nitrogens with one attached hydrogen (secondary N) is 1. The minimum atomic E-state index is 0.191. The van der Waals surface area contributed by atoms with Crippen molar-refractivity contribution in [1.82, 2.24) is 5.43 Å². The van der Waals surface area contributed by atoms with Crippen LogP contribution in [0, 0.1) is 6.92 Å². The zero-order valence-corrected chi connectivity index (χ0v) is 12.4. The molecule has 0 fully saturated rings. The van der Waals surface area contributed by atoms with Gasteiger partial charge in [-0.3, -0.25) is 11.3 Å². The Labute approximate surface area is 120 Å². The van der Waals surface area contributed by atoms with E-state index in [1.807, 2.05) is 11.3 Å². The Morgan fingerprint density at radius 3 is 2.79 bits per heavy atom. The van der Waals surface area contributed by atoms with Gasteiger partial charge in [0.2, 0.25) is 0 Å². The lowest BCUT2D eigenvalue weighted by molar-refractivity contribution is 0.563. The van der Waals surface area contributed by atoms with Crippen LogP contribution in [0.2, 0.25) is 0 Å². The normalized spacial score (nSPS) is 12.9. The van der Waals surface area contributed by atoms with Crippen molar-refractivity contribution in [2.24, 2.45) is 5.84 Å². The molecule has 0 saturated carbocycles. The number of fused-ring (bicyclic) bond motifs is 1. The smallest absolute Gasteiger partial charge is 0.0594 e. The first-order valence-electron chi connectivity index (χ1n) is 6.25. The van der Waals surface area contributed by atoms with Crippen molar-refractivity contribution in [1.29, 1.82) is 0 Å². The summed E-state index contributed by atoms with van der Waals surface area (Å²) in [5.74, 6) is 5.73. The Morgan fingerprint density at radius 1 is 1.21 bits per heavy atom. The molecular formula is C15H16N2S2. The minimum Gasteiger partial charge on any atom is -0.271 e. The molecule has 3 aromatic rings. The molecular weight excluding hydrogens is 272 g/mol. The summed E-state index contributed by atoms with van der Waals surface area (Å²) in [4.78, 5) is 2.63. The van der Waals surface area contributed by atoms with Crippen LogP contribution in [0.1, 0.15) is 21.4 Å². The number of hydrazine groups is 1. The van der Waals surface area contributed by atoms with Crippen molar-refractivity contribution in [3.05, 3.63) is 57.1 Å². The van der Waals surface area contributed by atoms with E-state index in [2.05, 4.69) is 54.1 Å². The average Bonchev–Trinajstić information content (AvgIpc) is 3.03. The number of thiophene rings is 2. The van der Waals surface area contributed by atoms with Gasteiger partial charge in [0.1, 0.15) is 0 Å². The number of hydrogen-bond acceptors (Lipinski definition) is 4. The van der Waals surface area contributed by atoms with Gasteiger partial charge in [0.15, 0.2) is 0 Å². The molecule has 0 radical (unpaired) electrons. The molecule has 3 rings (SSSR count). The third-order valence-corrected chi connectivity index (χ3v) is 5.42. The lowest BCUT2D eigenvalue weighted by atomic mass is 10.0. The lowest BCUT2D eigenvalue weighted by Crippen LogP contribution is -2.28. The van der Waals surface area contributed by atoms with Gasteiger partial charge in [0.05, 0.1) is 6.04 Å². The topological polar surface area (TPSA) is 38.0 Å². The number of aryl methyl sites for hydroxylation is 1. The maximum absolute atomic E-state index is 5.73. The van der Waals surface area contributed by atoms with E-state index in [0.29, 0.717) is 0 Å². The molecule has 98 valence electrons. The highest BCUT2D eigenvalue weighted by atomic mass is 32.1. The Hall–Kier alpha value is -1.20. The summed E-state index contributed by atoms with van der Waals surface area (Å²) in [6.45, 7) is 2.13. The molecule has 2 aromatic heterocycles. The number of benzene rings is 1. The fourth-order valence-corrected chi connectivity index (χ4v) is 4.21. The molecule has 1 unspecified atom stereocenters. The summed E-state index contributed by atoms with van der Waals surface area (Å²) in [5, 5.41) is 3.59. The summed E-state index contributed by atoms with van der Waals surface area (Å²) < 4.78 is 1.34. The molecule has 0 amide bonds.